The van der Waals surface area contributed by atoms with Gasteiger partial charge in [0, 0.05) is 12.1 Å². The summed E-state index contributed by atoms with van der Waals surface area (Å²) in [5.74, 6) is 0. The van der Waals surface area contributed by atoms with E-state index in [1.807, 2.05) is 30.1 Å². The molecule has 5 heteroatoms. The van der Waals surface area contributed by atoms with Crippen LogP contribution in [0.3, 0.4) is 0 Å². The molecule has 0 aliphatic carbocycles. The van der Waals surface area contributed by atoms with Crippen LogP contribution in [0, 0.1) is 6.92 Å². The number of hydrogen-bond acceptors (Lipinski definition) is 2. The van der Waals surface area contributed by atoms with E-state index in [1.165, 1.54) is 0 Å². The van der Waals surface area contributed by atoms with Gasteiger partial charge in [-0.15, -0.1) is 0 Å². The number of aromatic nitrogens is 2. The van der Waals surface area contributed by atoms with Crippen molar-refractivity contribution in [2.45, 2.75) is 19.9 Å². The second-order valence-electron chi connectivity index (χ2n) is 4.55. The largest absolute Gasteiger partial charge is 0.305 e. The van der Waals surface area contributed by atoms with Gasteiger partial charge in [-0.3, -0.25) is 4.68 Å². The minimum atomic E-state index is 0.0734. The molecule has 0 aliphatic rings. The van der Waals surface area contributed by atoms with Crippen LogP contribution in [0.5, 0.6) is 0 Å². The SMILES string of the molecule is CCNC(c1cc(C)cc(Cl)c1)c1c(Br)cnn1C. The minimum Gasteiger partial charge on any atom is -0.305 e. The summed E-state index contributed by atoms with van der Waals surface area (Å²) in [4.78, 5) is 0. The second-order valence-corrected chi connectivity index (χ2v) is 5.84. The molecule has 0 spiro atoms. The van der Waals surface area contributed by atoms with Crippen LogP contribution in [0.2, 0.25) is 5.02 Å². The summed E-state index contributed by atoms with van der Waals surface area (Å²) < 4.78 is 2.88. The molecular weight excluding hydrogens is 326 g/mol. The van der Waals surface area contributed by atoms with Gasteiger partial charge in [0.2, 0.25) is 0 Å². The molecule has 2 rings (SSSR count). The van der Waals surface area contributed by atoms with Gasteiger partial charge in [-0.1, -0.05) is 24.6 Å². The summed E-state index contributed by atoms with van der Waals surface area (Å²) in [5.41, 5.74) is 3.41. The van der Waals surface area contributed by atoms with Crippen LogP contribution in [0.15, 0.2) is 28.9 Å². The standard InChI is InChI=1S/C14H17BrClN3/c1-4-17-13(14-12(15)8-18-19(14)3)10-5-9(2)6-11(16)7-10/h5-8,13,17H,4H2,1-3H3. The molecular formula is C14H17BrClN3. The summed E-state index contributed by atoms with van der Waals surface area (Å²) >= 11 is 9.74. The van der Waals surface area contributed by atoms with E-state index in [2.05, 4.69) is 46.3 Å². The molecule has 1 aromatic heterocycles. The number of aryl methyl sites for hydroxylation is 2. The van der Waals surface area contributed by atoms with Gasteiger partial charge in [0.25, 0.3) is 0 Å². The Morgan fingerprint density at radius 1 is 1.42 bits per heavy atom. The molecule has 1 atom stereocenters. The molecule has 1 heterocycles. The highest BCUT2D eigenvalue weighted by atomic mass is 79.9. The molecule has 0 radical (unpaired) electrons. The quantitative estimate of drug-likeness (QED) is 0.915. The first kappa shape index (κ1) is 14.6. The third kappa shape index (κ3) is 3.19. The average molecular weight is 343 g/mol. The van der Waals surface area contributed by atoms with Crippen molar-refractivity contribution in [1.29, 1.82) is 0 Å². The fraction of sp³-hybridized carbons (Fsp3) is 0.357. The van der Waals surface area contributed by atoms with Crippen molar-refractivity contribution in [1.82, 2.24) is 15.1 Å². The number of hydrogen-bond donors (Lipinski definition) is 1. The Bertz CT molecular complexity index is 540. The van der Waals surface area contributed by atoms with Crippen LogP contribution in [-0.2, 0) is 7.05 Å². The first-order valence-electron chi connectivity index (χ1n) is 6.20. The maximum atomic E-state index is 6.17. The van der Waals surface area contributed by atoms with E-state index in [0.717, 1.165) is 32.9 Å². The lowest BCUT2D eigenvalue weighted by molar-refractivity contribution is 0.570. The van der Waals surface area contributed by atoms with E-state index in [0.29, 0.717) is 0 Å². The Balaban J connectivity index is 2.51. The van der Waals surface area contributed by atoms with Crippen LogP contribution >= 0.6 is 27.5 Å². The molecule has 0 fully saturated rings. The number of benzene rings is 1. The van der Waals surface area contributed by atoms with Crippen molar-refractivity contribution in [3.63, 3.8) is 0 Å². The number of nitrogens with zero attached hydrogens (tertiary/aromatic N) is 2. The molecule has 0 saturated heterocycles. The Kier molecular flexibility index (Phi) is 4.66. The van der Waals surface area contributed by atoms with Crippen molar-refractivity contribution >= 4 is 27.5 Å². The lowest BCUT2D eigenvalue weighted by Gasteiger charge is -2.20. The van der Waals surface area contributed by atoms with Crippen molar-refractivity contribution < 1.29 is 0 Å². The minimum absolute atomic E-state index is 0.0734. The van der Waals surface area contributed by atoms with Gasteiger partial charge in [0.05, 0.1) is 22.4 Å². The second kappa shape index (κ2) is 6.07. The molecule has 19 heavy (non-hydrogen) atoms. The van der Waals surface area contributed by atoms with E-state index < -0.39 is 0 Å². The molecule has 2 aromatic rings. The highest BCUT2D eigenvalue weighted by Gasteiger charge is 2.20. The molecule has 1 unspecified atom stereocenters. The zero-order valence-corrected chi connectivity index (χ0v) is 13.6. The van der Waals surface area contributed by atoms with Gasteiger partial charge in [0.1, 0.15) is 0 Å². The van der Waals surface area contributed by atoms with Gasteiger partial charge in [0.15, 0.2) is 0 Å². The highest BCUT2D eigenvalue weighted by molar-refractivity contribution is 9.10. The Labute approximate surface area is 127 Å². The fourth-order valence-corrected chi connectivity index (χ4v) is 3.13. The van der Waals surface area contributed by atoms with Gasteiger partial charge in [-0.05, 0) is 52.7 Å². The van der Waals surface area contributed by atoms with Gasteiger partial charge in [-0.25, -0.2) is 0 Å². The molecule has 0 amide bonds. The maximum Gasteiger partial charge on any atom is 0.0760 e. The van der Waals surface area contributed by atoms with Crippen LogP contribution in [0.4, 0.5) is 0 Å². The number of rotatable bonds is 4. The summed E-state index contributed by atoms with van der Waals surface area (Å²) in [6, 6.07) is 6.19. The predicted octanol–water partition coefficient (Wildman–Crippen LogP) is 3.84. The van der Waals surface area contributed by atoms with Crippen LogP contribution in [0.25, 0.3) is 0 Å². The van der Waals surface area contributed by atoms with E-state index in [4.69, 9.17) is 11.6 Å². The third-order valence-corrected chi connectivity index (χ3v) is 3.85. The zero-order valence-electron chi connectivity index (χ0n) is 11.2. The van der Waals surface area contributed by atoms with Crippen molar-refractivity contribution in [2.24, 2.45) is 7.05 Å². The molecule has 1 aromatic carbocycles. The monoisotopic (exact) mass is 341 g/mol. The first-order valence-corrected chi connectivity index (χ1v) is 7.38. The summed E-state index contributed by atoms with van der Waals surface area (Å²) in [6.07, 6.45) is 1.82. The number of nitrogens with one attached hydrogen (secondary N) is 1. The lowest BCUT2D eigenvalue weighted by atomic mass is 10.0. The summed E-state index contributed by atoms with van der Waals surface area (Å²) in [7, 11) is 1.95. The van der Waals surface area contributed by atoms with Crippen molar-refractivity contribution in [3.8, 4) is 0 Å². The topological polar surface area (TPSA) is 29.9 Å². The van der Waals surface area contributed by atoms with E-state index in [9.17, 15) is 0 Å². The molecule has 0 aliphatic heterocycles. The molecule has 0 saturated carbocycles. The van der Waals surface area contributed by atoms with Gasteiger partial charge < -0.3 is 5.32 Å². The van der Waals surface area contributed by atoms with Gasteiger partial charge >= 0.3 is 0 Å². The molecule has 1 N–H and O–H groups in total. The average Bonchev–Trinajstić information content (AvgIpc) is 2.65. The fourth-order valence-electron chi connectivity index (χ4n) is 2.25. The Morgan fingerprint density at radius 3 is 2.68 bits per heavy atom. The van der Waals surface area contributed by atoms with E-state index in [1.54, 1.807) is 0 Å². The summed E-state index contributed by atoms with van der Waals surface area (Å²) in [5, 5.41) is 8.53. The zero-order chi connectivity index (χ0) is 14.0. The lowest BCUT2D eigenvalue weighted by Crippen LogP contribution is -2.24. The first-order chi connectivity index (χ1) is 9.02. The Morgan fingerprint density at radius 2 is 2.16 bits per heavy atom. The molecule has 3 nitrogen and oxygen atoms in total. The van der Waals surface area contributed by atoms with Crippen molar-refractivity contribution in [2.75, 3.05) is 6.54 Å². The van der Waals surface area contributed by atoms with E-state index >= 15 is 0 Å². The normalized spacial score (nSPS) is 12.7. The van der Waals surface area contributed by atoms with Crippen molar-refractivity contribution in [3.05, 3.63) is 50.7 Å². The smallest absolute Gasteiger partial charge is 0.0760 e. The summed E-state index contributed by atoms with van der Waals surface area (Å²) in [6.45, 7) is 5.01. The van der Waals surface area contributed by atoms with Crippen LogP contribution < -0.4 is 5.32 Å². The van der Waals surface area contributed by atoms with Crippen LogP contribution in [-0.4, -0.2) is 16.3 Å². The Hall–Kier alpha value is -0.840. The molecule has 102 valence electrons. The number of halogens is 2. The third-order valence-electron chi connectivity index (χ3n) is 3.02. The predicted molar refractivity (Wildman–Crippen MR) is 82.6 cm³/mol. The maximum absolute atomic E-state index is 6.17. The molecule has 0 bridgehead atoms. The highest BCUT2D eigenvalue weighted by Crippen LogP contribution is 2.30. The van der Waals surface area contributed by atoms with Gasteiger partial charge in [-0.2, -0.15) is 5.10 Å². The van der Waals surface area contributed by atoms with E-state index in [-0.39, 0.29) is 6.04 Å². The van der Waals surface area contributed by atoms with Crippen LogP contribution in [0.1, 0.15) is 29.8 Å².